The van der Waals surface area contributed by atoms with E-state index in [4.69, 9.17) is 4.74 Å². The summed E-state index contributed by atoms with van der Waals surface area (Å²) in [5, 5.41) is 9.24. The normalized spacial score (nSPS) is 41.3. The molecule has 2 aliphatic rings. The summed E-state index contributed by atoms with van der Waals surface area (Å²) >= 11 is 1.92. The van der Waals surface area contributed by atoms with E-state index < -0.39 is 0 Å². The van der Waals surface area contributed by atoms with Crippen molar-refractivity contribution < 1.29 is 9.84 Å². The van der Waals surface area contributed by atoms with Crippen LogP contribution in [0.3, 0.4) is 0 Å². The molecule has 2 rings (SSSR count). The molecule has 0 radical (unpaired) electrons. The maximum atomic E-state index is 9.24. The van der Waals surface area contributed by atoms with Crippen LogP contribution in [-0.4, -0.2) is 29.0 Å². The number of aliphatic hydroxyl groups is 1. The van der Waals surface area contributed by atoms with Gasteiger partial charge in [0.15, 0.2) is 0 Å². The van der Waals surface area contributed by atoms with Crippen molar-refractivity contribution in [1.82, 2.24) is 0 Å². The molecule has 2 fully saturated rings. The molecule has 0 unspecified atom stereocenters. The van der Waals surface area contributed by atoms with Crippen molar-refractivity contribution in [2.45, 2.75) is 37.5 Å². The van der Waals surface area contributed by atoms with Gasteiger partial charge < -0.3 is 9.84 Å². The first-order chi connectivity index (χ1) is 7.15. The number of rotatable bonds is 2. The molecule has 1 aliphatic heterocycles. The second-order valence-electron chi connectivity index (χ2n) is 4.71. The molecule has 15 heavy (non-hydrogen) atoms. The highest BCUT2D eigenvalue weighted by Crippen LogP contribution is 2.58. The van der Waals surface area contributed by atoms with Crippen molar-refractivity contribution in [2.75, 3.05) is 19.0 Å². The lowest BCUT2D eigenvalue weighted by molar-refractivity contribution is -0.0533. The summed E-state index contributed by atoms with van der Waals surface area (Å²) in [7, 11) is 0. The van der Waals surface area contributed by atoms with Crippen LogP contribution < -0.4 is 0 Å². The number of aliphatic hydroxyl groups excluding tert-OH is 1. The minimum atomic E-state index is -0.0922. The Morgan fingerprint density at radius 2 is 2.40 bits per heavy atom. The van der Waals surface area contributed by atoms with Crippen LogP contribution in [-0.2, 0) is 4.74 Å². The fourth-order valence-corrected chi connectivity index (χ4v) is 4.38. The van der Waals surface area contributed by atoms with E-state index in [-0.39, 0.29) is 17.0 Å². The minimum Gasteiger partial charge on any atom is -0.396 e. The van der Waals surface area contributed by atoms with Gasteiger partial charge in [-0.3, -0.25) is 0 Å². The average Bonchev–Trinajstić information content (AvgIpc) is 2.66. The van der Waals surface area contributed by atoms with Gasteiger partial charge in [-0.2, -0.15) is 0 Å². The third kappa shape index (κ3) is 1.65. The Hall–Kier alpha value is 0.01000. The summed E-state index contributed by atoms with van der Waals surface area (Å²) in [5.41, 5.74) is 1.22. The number of hydrogen-bond acceptors (Lipinski definition) is 3. The maximum absolute atomic E-state index is 9.24. The maximum Gasteiger partial charge on any atom is 0.122 e. The van der Waals surface area contributed by atoms with Crippen LogP contribution in [0.1, 0.15) is 32.6 Å². The molecule has 2 atom stereocenters. The van der Waals surface area contributed by atoms with E-state index in [0.717, 1.165) is 31.6 Å². The Labute approximate surface area is 96.1 Å². The van der Waals surface area contributed by atoms with E-state index >= 15 is 0 Å². The van der Waals surface area contributed by atoms with Gasteiger partial charge in [0.1, 0.15) is 4.93 Å². The van der Waals surface area contributed by atoms with Crippen LogP contribution >= 0.6 is 11.8 Å². The van der Waals surface area contributed by atoms with Gasteiger partial charge in [0.05, 0.1) is 6.61 Å². The zero-order valence-electron chi connectivity index (χ0n) is 9.42. The molecular weight excluding hydrogens is 208 g/mol. The van der Waals surface area contributed by atoms with E-state index in [1.165, 1.54) is 12.0 Å². The van der Waals surface area contributed by atoms with Gasteiger partial charge in [-0.05, 0) is 25.7 Å². The lowest BCUT2D eigenvalue weighted by atomic mass is 9.67. The molecule has 86 valence electrons. The van der Waals surface area contributed by atoms with E-state index in [1.807, 2.05) is 11.8 Å². The van der Waals surface area contributed by atoms with E-state index in [9.17, 15) is 5.11 Å². The Morgan fingerprint density at radius 1 is 1.60 bits per heavy atom. The highest BCUT2D eigenvalue weighted by molar-refractivity contribution is 8.00. The van der Waals surface area contributed by atoms with Crippen LogP contribution in [0.25, 0.3) is 0 Å². The van der Waals surface area contributed by atoms with Crippen molar-refractivity contribution in [1.29, 1.82) is 0 Å². The fraction of sp³-hybridized carbons (Fsp3) is 0.833. The van der Waals surface area contributed by atoms with Gasteiger partial charge in [-0.25, -0.2) is 0 Å². The summed E-state index contributed by atoms with van der Waals surface area (Å²) in [6.45, 7) is 7.48. The molecular formula is C12H20O2S. The second kappa shape index (κ2) is 4.11. The summed E-state index contributed by atoms with van der Waals surface area (Å²) in [5.74, 6) is 1.08. The van der Waals surface area contributed by atoms with Gasteiger partial charge in [0, 0.05) is 17.8 Å². The SMILES string of the molecule is C=C1CCC[C@]2(OCCS2)[C@]1(C)CCO. The summed E-state index contributed by atoms with van der Waals surface area (Å²) < 4.78 is 6.01. The molecule has 0 aromatic rings. The van der Waals surface area contributed by atoms with E-state index in [2.05, 4.69) is 13.5 Å². The Balaban J connectivity index is 2.29. The third-order valence-electron chi connectivity index (χ3n) is 3.97. The molecule has 1 saturated carbocycles. The van der Waals surface area contributed by atoms with Crippen molar-refractivity contribution in [3.63, 3.8) is 0 Å². The average molecular weight is 228 g/mol. The van der Waals surface area contributed by atoms with E-state index in [0.29, 0.717) is 0 Å². The van der Waals surface area contributed by atoms with Crippen LogP contribution in [0.2, 0.25) is 0 Å². The first-order valence-electron chi connectivity index (χ1n) is 5.72. The topological polar surface area (TPSA) is 29.5 Å². The zero-order chi connectivity index (χ0) is 10.9. The Morgan fingerprint density at radius 3 is 3.00 bits per heavy atom. The van der Waals surface area contributed by atoms with Crippen molar-refractivity contribution >= 4 is 11.8 Å². The van der Waals surface area contributed by atoms with Crippen molar-refractivity contribution in [3.05, 3.63) is 12.2 Å². The molecule has 0 aromatic heterocycles. The summed E-state index contributed by atoms with van der Waals surface area (Å²) in [6, 6.07) is 0. The first-order valence-corrected chi connectivity index (χ1v) is 6.70. The fourth-order valence-electron chi connectivity index (χ4n) is 2.86. The molecule has 3 heteroatoms. The number of hydrogen-bond donors (Lipinski definition) is 1. The number of thioether (sulfide) groups is 1. The molecule has 0 amide bonds. The van der Waals surface area contributed by atoms with E-state index in [1.54, 1.807) is 0 Å². The van der Waals surface area contributed by atoms with Crippen molar-refractivity contribution in [3.8, 4) is 0 Å². The van der Waals surface area contributed by atoms with Crippen molar-refractivity contribution in [2.24, 2.45) is 5.41 Å². The largest absolute Gasteiger partial charge is 0.396 e. The monoisotopic (exact) mass is 228 g/mol. The predicted octanol–water partition coefficient (Wildman–Crippen LogP) is 2.57. The lowest BCUT2D eigenvalue weighted by Crippen LogP contribution is -2.48. The molecule has 0 aromatic carbocycles. The van der Waals surface area contributed by atoms with Crippen LogP contribution in [0, 0.1) is 5.41 Å². The van der Waals surface area contributed by atoms with Gasteiger partial charge >= 0.3 is 0 Å². The lowest BCUT2D eigenvalue weighted by Gasteiger charge is -2.49. The first kappa shape index (κ1) is 11.5. The molecule has 1 saturated heterocycles. The zero-order valence-corrected chi connectivity index (χ0v) is 10.2. The summed E-state index contributed by atoms with van der Waals surface area (Å²) in [6.07, 6.45) is 4.14. The predicted molar refractivity (Wildman–Crippen MR) is 63.9 cm³/mol. The Kier molecular flexibility index (Phi) is 3.15. The molecule has 0 bridgehead atoms. The third-order valence-corrected chi connectivity index (χ3v) is 5.58. The molecule has 1 spiro atoms. The molecule has 1 N–H and O–H groups in total. The molecule has 2 nitrogen and oxygen atoms in total. The highest BCUT2D eigenvalue weighted by Gasteiger charge is 2.54. The quantitative estimate of drug-likeness (QED) is 0.737. The molecule has 1 aliphatic carbocycles. The second-order valence-corrected chi connectivity index (χ2v) is 6.07. The van der Waals surface area contributed by atoms with Crippen LogP contribution in [0.4, 0.5) is 0 Å². The molecule has 1 heterocycles. The minimum absolute atomic E-state index is 0.0405. The summed E-state index contributed by atoms with van der Waals surface area (Å²) in [4.78, 5) is -0.0922. The van der Waals surface area contributed by atoms with Crippen LogP contribution in [0.15, 0.2) is 12.2 Å². The van der Waals surface area contributed by atoms with Crippen LogP contribution in [0.5, 0.6) is 0 Å². The van der Waals surface area contributed by atoms with Gasteiger partial charge in [0.25, 0.3) is 0 Å². The number of ether oxygens (including phenoxy) is 1. The van der Waals surface area contributed by atoms with Gasteiger partial charge in [-0.15, -0.1) is 11.8 Å². The Bertz CT molecular complexity index is 258. The smallest absolute Gasteiger partial charge is 0.122 e. The standard InChI is InChI=1S/C12H20O2S/c1-10-4-3-5-12(14-8-9-15-12)11(10,2)6-7-13/h13H,1,3-9H2,2H3/t11-,12-/m1/s1. The van der Waals surface area contributed by atoms with Gasteiger partial charge in [0.2, 0.25) is 0 Å². The van der Waals surface area contributed by atoms with Gasteiger partial charge in [-0.1, -0.05) is 19.1 Å². The highest BCUT2D eigenvalue weighted by atomic mass is 32.2.